The van der Waals surface area contributed by atoms with Crippen LogP contribution in [0.2, 0.25) is 0 Å². The third-order valence-electron chi connectivity index (χ3n) is 6.54. The first-order chi connectivity index (χ1) is 17.5. The van der Waals surface area contributed by atoms with Crippen LogP contribution >= 0.6 is 0 Å². The lowest BCUT2D eigenvalue weighted by molar-refractivity contribution is 0.398. The number of hydrogen-bond donors (Lipinski definition) is 1. The highest BCUT2D eigenvalue weighted by Gasteiger charge is 2.33. The molecule has 1 aliphatic carbocycles. The average Bonchev–Trinajstić information content (AvgIpc) is 3.65. The average molecular weight is 487 g/mol. The predicted octanol–water partition coefficient (Wildman–Crippen LogP) is 3.66. The molecule has 0 amide bonds. The van der Waals surface area contributed by atoms with E-state index in [1.165, 1.54) is 12.4 Å². The molecule has 10 nitrogen and oxygen atoms in total. The molecule has 0 bridgehead atoms. The number of ether oxygens (including phenoxy) is 1. The zero-order valence-electron chi connectivity index (χ0n) is 19.7. The molecule has 4 aromatic heterocycles. The van der Waals surface area contributed by atoms with Crippen LogP contribution in [-0.4, -0.2) is 41.4 Å². The predicted molar refractivity (Wildman–Crippen MR) is 132 cm³/mol. The lowest BCUT2D eigenvalue weighted by Gasteiger charge is -2.21. The van der Waals surface area contributed by atoms with E-state index >= 15 is 0 Å². The van der Waals surface area contributed by atoms with Crippen LogP contribution in [0.5, 0.6) is 5.88 Å². The first-order valence-electron chi connectivity index (χ1n) is 11.7. The van der Waals surface area contributed by atoms with Gasteiger partial charge in [-0.05, 0) is 37.5 Å². The molecule has 5 aromatic rings. The number of pyridine rings is 1. The summed E-state index contributed by atoms with van der Waals surface area (Å²) >= 11 is 0. The number of nitrogens with two attached hydrogens (primary N) is 1. The van der Waals surface area contributed by atoms with Gasteiger partial charge in [0.15, 0.2) is 5.65 Å². The SMILES string of the molecule is CCC(c1nc2cccc(F)c2c(=O)n1C1CC1)n1nc(-c2ccc(OC)nc2)c2c(N)ncnc21. The summed E-state index contributed by atoms with van der Waals surface area (Å²) < 4.78 is 23.2. The van der Waals surface area contributed by atoms with E-state index in [1.807, 2.05) is 13.0 Å². The Bertz CT molecular complexity index is 1670. The van der Waals surface area contributed by atoms with Gasteiger partial charge in [-0.1, -0.05) is 13.0 Å². The molecule has 1 unspecified atom stereocenters. The van der Waals surface area contributed by atoms with Crippen molar-refractivity contribution in [1.29, 1.82) is 0 Å². The van der Waals surface area contributed by atoms with Crippen molar-refractivity contribution in [2.75, 3.05) is 12.8 Å². The van der Waals surface area contributed by atoms with Crippen LogP contribution in [0.1, 0.15) is 44.1 Å². The molecule has 182 valence electrons. The molecule has 1 aliphatic rings. The van der Waals surface area contributed by atoms with Gasteiger partial charge in [-0.2, -0.15) is 5.10 Å². The molecular weight excluding hydrogens is 463 g/mol. The second-order valence-electron chi connectivity index (χ2n) is 8.77. The van der Waals surface area contributed by atoms with E-state index in [2.05, 4.69) is 15.0 Å². The minimum absolute atomic E-state index is 0.00453. The number of nitrogens with zero attached hydrogens (tertiary/aromatic N) is 7. The van der Waals surface area contributed by atoms with Gasteiger partial charge in [0.05, 0.1) is 18.0 Å². The van der Waals surface area contributed by atoms with E-state index in [0.29, 0.717) is 45.9 Å². The fourth-order valence-corrected chi connectivity index (χ4v) is 4.66. The zero-order chi connectivity index (χ0) is 25.0. The Kier molecular flexibility index (Phi) is 5.13. The highest BCUT2D eigenvalue weighted by molar-refractivity contribution is 5.98. The van der Waals surface area contributed by atoms with Gasteiger partial charge >= 0.3 is 0 Å². The maximum absolute atomic E-state index is 14.6. The standard InChI is InChI=1S/C25H23FN8O2/c1-3-17(23-31-16-6-4-5-15(26)19(16)25(35)33(23)14-8-9-14)34-24-20(22(27)29-12-30-24)21(32-34)13-7-10-18(36-2)28-11-13/h4-7,10-12,14,17H,3,8-9H2,1-2H3,(H2,27,29,30). The summed E-state index contributed by atoms with van der Waals surface area (Å²) in [6.45, 7) is 1.98. The molecule has 1 fully saturated rings. The van der Waals surface area contributed by atoms with E-state index in [0.717, 1.165) is 12.8 Å². The van der Waals surface area contributed by atoms with Crippen LogP contribution in [0.4, 0.5) is 10.2 Å². The number of fused-ring (bicyclic) bond motifs is 2. The number of halogens is 1. The number of methoxy groups -OCH3 is 1. The van der Waals surface area contributed by atoms with E-state index in [9.17, 15) is 9.18 Å². The Morgan fingerprint density at radius 3 is 2.69 bits per heavy atom. The van der Waals surface area contributed by atoms with E-state index < -0.39 is 11.9 Å². The molecular formula is C25H23FN8O2. The largest absolute Gasteiger partial charge is 0.481 e. The van der Waals surface area contributed by atoms with Crippen molar-refractivity contribution in [3.8, 4) is 17.1 Å². The summed E-state index contributed by atoms with van der Waals surface area (Å²) in [5, 5.41) is 5.48. The molecule has 1 saturated carbocycles. The van der Waals surface area contributed by atoms with Gasteiger partial charge in [-0.25, -0.2) is 29.0 Å². The van der Waals surface area contributed by atoms with E-state index in [-0.39, 0.29) is 22.8 Å². The zero-order valence-corrected chi connectivity index (χ0v) is 19.7. The summed E-state index contributed by atoms with van der Waals surface area (Å²) in [5.74, 6) is 0.696. The Balaban J connectivity index is 1.61. The van der Waals surface area contributed by atoms with Crippen LogP contribution in [0.3, 0.4) is 0 Å². The van der Waals surface area contributed by atoms with Crippen LogP contribution < -0.4 is 16.0 Å². The van der Waals surface area contributed by atoms with Crippen molar-refractivity contribution in [2.24, 2.45) is 0 Å². The number of anilines is 1. The Morgan fingerprint density at radius 1 is 1.17 bits per heavy atom. The summed E-state index contributed by atoms with van der Waals surface area (Å²) in [4.78, 5) is 31.3. The normalized spacial score (nSPS) is 14.4. The summed E-state index contributed by atoms with van der Waals surface area (Å²) in [6.07, 6.45) is 5.26. The van der Waals surface area contributed by atoms with Crippen molar-refractivity contribution in [1.82, 2.24) is 34.3 Å². The third kappa shape index (κ3) is 3.38. The monoisotopic (exact) mass is 486 g/mol. The molecule has 1 aromatic carbocycles. The summed E-state index contributed by atoms with van der Waals surface area (Å²) in [6, 6.07) is 7.60. The molecule has 0 saturated heterocycles. The first kappa shape index (κ1) is 22.1. The number of rotatable bonds is 6. The molecule has 1 atom stereocenters. The topological polar surface area (TPSA) is 127 Å². The highest BCUT2D eigenvalue weighted by Crippen LogP contribution is 2.39. The minimum Gasteiger partial charge on any atom is -0.481 e. The third-order valence-corrected chi connectivity index (χ3v) is 6.54. The van der Waals surface area contributed by atoms with Gasteiger partial charge in [0.25, 0.3) is 5.56 Å². The van der Waals surface area contributed by atoms with Crippen molar-refractivity contribution < 1.29 is 9.13 Å². The van der Waals surface area contributed by atoms with Gasteiger partial charge in [0.1, 0.15) is 40.9 Å². The molecule has 0 radical (unpaired) electrons. The maximum atomic E-state index is 14.6. The van der Waals surface area contributed by atoms with Crippen molar-refractivity contribution in [2.45, 2.75) is 38.3 Å². The Hall–Kier alpha value is -4.41. The molecule has 2 N–H and O–H groups in total. The number of hydrogen-bond acceptors (Lipinski definition) is 8. The van der Waals surface area contributed by atoms with Gasteiger partial charge in [-0.15, -0.1) is 0 Å². The lowest BCUT2D eigenvalue weighted by atomic mass is 10.1. The summed E-state index contributed by atoms with van der Waals surface area (Å²) in [7, 11) is 1.55. The molecule has 0 aliphatic heterocycles. The van der Waals surface area contributed by atoms with Crippen molar-refractivity contribution >= 4 is 27.8 Å². The van der Waals surface area contributed by atoms with Gasteiger partial charge in [-0.3, -0.25) is 9.36 Å². The highest BCUT2D eigenvalue weighted by atomic mass is 19.1. The van der Waals surface area contributed by atoms with Gasteiger partial charge in [0.2, 0.25) is 5.88 Å². The number of benzene rings is 1. The number of nitrogen functional groups attached to an aromatic ring is 1. The molecule has 6 rings (SSSR count). The minimum atomic E-state index is -0.571. The molecule has 0 spiro atoms. The van der Waals surface area contributed by atoms with Crippen molar-refractivity contribution in [3.05, 3.63) is 64.9 Å². The van der Waals surface area contributed by atoms with E-state index in [1.54, 1.807) is 40.8 Å². The fourth-order valence-electron chi connectivity index (χ4n) is 4.66. The lowest BCUT2D eigenvalue weighted by Crippen LogP contribution is -2.29. The molecule has 11 heteroatoms. The second kappa shape index (κ2) is 8.36. The Morgan fingerprint density at radius 2 is 2.00 bits per heavy atom. The van der Waals surface area contributed by atoms with Crippen molar-refractivity contribution in [3.63, 3.8) is 0 Å². The van der Waals surface area contributed by atoms with E-state index in [4.69, 9.17) is 20.6 Å². The van der Waals surface area contributed by atoms with Crippen LogP contribution in [0.15, 0.2) is 47.7 Å². The Labute approximate surface area is 204 Å². The molecule has 36 heavy (non-hydrogen) atoms. The quantitative estimate of drug-likeness (QED) is 0.385. The second-order valence-corrected chi connectivity index (χ2v) is 8.77. The maximum Gasteiger partial charge on any atom is 0.264 e. The van der Waals surface area contributed by atoms with Crippen LogP contribution in [0.25, 0.3) is 33.2 Å². The fraction of sp³-hybridized carbons (Fsp3) is 0.280. The van der Waals surface area contributed by atoms with Gasteiger partial charge in [0, 0.05) is 23.9 Å². The smallest absolute Gasteiger partial charge is 0.264 e. The number of aromatic nitrogens is 7. The van der Waals surface area contributed by atoms with Gasteiger partial charge < -0.3 is 10.5 Å². The first-order valence-corrected chi connectivity index (χ1v) is 11.7. The van der Waals surface area contributed by atoms with Crippen LogP contribution in [0, 0.1) is 5.82 Å². The van der Waals surface area contributed by atoms with Crippen LogP contribution in [-0.2, 0) is 0 Å². The molecule has 4 heterocycles. The summed E-state index contributed by atoms with van der Waals surface area (Å²) in [5.41, 5.74) is 8.01.